The first-order valence-electron chi connectivity index (χ1n) is 5.47. The lowest BCUT2D eigenvalue weighted by molar-refractivity contribution is -0.161. The van der Waals surface area contributed by atoms with Gasteiger partial charge in [0, 0.05) is 6.54 Å². The molecule has 18 heavy (non-hydrogen) atoms. The molecule has 106 valence electrons. The molecule has 0 saturated heterocycles. The molecule has 3 N–H and O–H groups in total. The van der Waals surface area contributed by atoms with Crippen LogP contribution in [0.3, 0.4) is 0 Å². The molecule has 0 unspecified atom stereocenters. The zero-order valence-electron chi connectivity index (χ0n) is 10.4. The maximum Gasteiger partial charge on any atom is 0.406 e. The fourth-order valence-electron chi connectivity index (χ4n) is 1.27. The Balaban J connectivity index is 4.45. The van der Waals surface area contributed by atoms with Crippen molar-refractivity contribution in [2.45, 2.75) is 20.0 Å². The van der Waals surface area contributed by atoms with Crippen LogP contribution in [0.2, 0.25) is 0 Å². The number of alkyl halides is 3. The average Bonchev–Trinajstić information content (AvgIpc) is 2.21. The van der Waals surface area contributed by atoms with Crippen molar-refractivity contribution in [3.05, 3.63) is 0 Å². The van der Waals surface area contributed by atoms with E-state index in [1.165, 1.54) is 0 Å². The van der Waals surface area contributed by atoms with Gasteiger partial charge >= 0.3 is 6.18 Å². The molecule has 0 atom stereocenters. The van der Waals surface area contributed by atoms with Crippen LogP contribution in [-0.4, -0.2) is 49.1 Å². The maximum absolute atomic E-state index is 12.3. The largest absolute Gasteiger partial charge is 0.406 e. The van der Waals surface area contributed by atoms with E-state index in [1.54, 1.807) is 13.8 Å². The summed E-state index contributed by atoms with van der Waals surface area (Å²) in [7, 11) is 0. The first kappa shape index (κ1) is 16.7. The van der Waals surface area contributed by atoms with E-state index in [4.69, 9.17) is 5.73 Å². The number of hydrogen-bond donors (Lipinski definition) is 2. The minimum Gasteiger partial charge on any atom is -0.346 e. The standard InChI is InChI=1S/C10H18F3N3O2/c1-7(2)5-16(6-10(11,12)13)9(18)4-15-8(17)3-14/h7H,3-6,14H2,1-2H3,(H,15,17). The highest BCUT2D eigenvalue weighted by Gasteiger charge is 2.33. The highest BCUT2D eigenvalue weighted by Crippen LogP contribution is 2.17. The predicted octanol–water partition coefficient (Wildman–Crippen LogP) is 0.108. The number of amides is 2. The molecule has 0 heterocycles. The van der Waals surface area contributed by atoms with Crippen LogP contribution in [0.4, 0.5) is 13.2 Å². The molecule has 0 aromatic rings. The van der Waals surface area contributed by atoms with E-state index in [0.29, 0.717) is 4.90 Å². The summed E-state index contributed by atoms with van der Waals surface area (Å²) in [4.78, 5) is 23.0. The van der Waals surface area contributed by atoms with Gasteiger partial charge in [0.1, 0.15) is 6.54 Å². The summed E-state index contributed by atoms with van der Waals surface area (Å²) in [5.41, 5.74) is 5.00. The van der Waals surface area contributed by atoms with E-state index in [0.717, 1.165) is 0 Å². The van der Waals surface area contributed by atoms with Crippen molar-refractivity contribution in [1.29, 1.82) is 0 Å². The van der Waals surface area contributed by atoms with Gasteiger partial charge in [-0.2, -0.15) is 13.2 Å². The second-order valence-electron chi connectivity index (χ2n) is 4.26. The lowest BCUT2D eigenvalue weighted by Gasteiger charge is -2.25. The molecule has 0 aliphatic heterocycles. The van der Waals surface area contributed by atoms with Crippen molar-refractivity contribution in [3.8, 4) is 0 Å². The number of nitrogens with two attached hydrogens (primary N) is 1. The van der Waals surface area contributed by atoms with Gasteiger partial charge in [-0.1, -0.05) is 13.8 Å². The number of hydrogen-bond acceptors (Lipinski definition) is 3. The predicted molar refractivity (Wildman–Crippen MR) is 59.5 cm³/mol. The van der Waals surface area contributed by atoms with E-state index in [9.17, 15) is 22.8 Å². The van der Waals surface area contributed by atoms with Crippen molar-refractivity contribution in [2.24, 2.45) is 11.7 Å². The summed E-state index contributed by atoms with van der Waals surface area (Å²) in [6.07, 6.45) is -4.46. The lowest BCUT2D eigenvalue weighted by atomic mass is 10.2. The molecule has 8 heteroatoms. The van der Waals surface area contributed by atoms with Crippen LogP contribution < -0.4 is 11.1 Å². The molecule has 0 spiro atoms. The Morgan fingerprint density at radius 2 is 1.89 bits per heavy atom. The highest BCUT2D eigenvalue weighted by molar-refractivity contribution is 5.85. The molecule has 0 aliphatic rings. The number of halogens is 3. The molecule has 0 aromatic carbocycles. The minimum absolute atomic E-state index is 0.0170. The van der Waals surface area contributed by atoms with Crippen molar-refractivity contribution in [1.82, 2.24) is 10.2 Å². The van der Waals surface area contributed by atoms with Crippen molar-refractivity contribution >= 4 is 11.8 Å². The molecule has 0 radical (unpaired) electrons. The van der Waals surface area contributed by atoms with Crippen LogP contribution in [0, 0.1) is 5.92 Å². The van der Waals surface area contributed by atoms with Crippen molar-refractivity contribution in [2.75, 3.05) is 26.2 Å². The van der Waals surface area contributed by atoms with E-state index in [-0.39, 0.29) is 19.0 Å². The fourth-order valence-corrected chi connectivity index (χ4v) is 1.27. The maximum atomic E-state index is 12.3. The van der Waals surface area contributed by atoms with Gasteiger partial charge < -0.3 is 16.0 Å². The average molecular weight is 269 g/mol. The quantitative estimate of drug-likeness (QED) is 0.718. The first-order valence-corrected chi connectivity index (χ1v) is 5.47. The van der Waals surface area contributed by atoms with Gasteiger partial charge in [0.05, 0.1) is 13.1 Å². The SMILES string of the molecule is CC(C)CN(CC(F)(F)F)C(=O)CNC(=O)CN. The smallest absolute Gasteiger partial charge is 0.346 e. The summed E-state index contributed by atoms with van der Waals surface area (Å²) in [5.74, 6) is -1.45. The Morgan fingerprint density at radius 1 is 1.33 bits per heavy atom. The Bertz CT molecular complexity index is 293. The number of nitrogens with one attached hydrogen (secondary N) is 1. The van der Waals surface area contributed by atoms with E-state index in [2.05, 4.69) is 5.32 Å². The summed E-state index contributed by atoms with van der Waals surface area (Å²) in [6, 6.07) is 0. The van der Waals surface area contributed by atoms with Gasteiger partial charge in [-0.05, 0) is 5.92 Å². The molecule has 0 fully saturated rings. The van der Waals surface area contributed by atoms with Gasteiger partial charge in [0.15, 0.2) is 0 Å². The van der Waals surface area contributed by atoms with Crippen molar-refractivity contribution < 1.29 is 22.8 Å². The third-order valence-electron chi connectivity index (χ3n) is 1.93. The second-order valence-corrected chi connectivity index (χ2v) is 4.26. The third-order valence-corrected chi connectivity index (χ3v) is 1.93. The van der Waals surface area contributed by atoms with Gasteiger partial charge in [0.2, 0.25) is 11.8 Å². The molecule has 2 amide bonds. The van der Waals surface area contributed by atoms with E-state index >= 15 is 0 Å². The van der Waals surface area contributed by atoms with Gasteiger partial charge in [-0.25, -0.2) is 0 Å². The summed E-state index contributed by atoms with van der Waals surface area (Å²) in [5, 5.41) is 2.15. The fraction of sp³-hybridized carbons (Fsp3) is 0.800. The van der Waals surface area contributed by atoms with E-state index in [1.807, 2.05) is 0 Å². The Kier molecular flexibility index (Phi) is 6.67. The second kappa shape index (κ2) is 7.20. The third kappa shape index (κ3) is 7.88. The normalized spacial score (nSPS) is 11.5. The van der Waals surface area contributed by atoms with Crippen LogP contribution in [0.25, 0.3) is 0 Å². The minimum atomic E-state index is -4.46. The summed E-state index contributed by atoms with van der Waals surface area (Å²) >= 11 is 0. The molecule has 5 nitrogen and oxygen atoms in total. The van der Waals surface area contributed by atoms with Gasteiger partial charge in [-0.3, -0.25) is 9.59 Å². The zero-order chi connectivity index (χ0) is 14.3. The summed E-state index contributed by atoms with van der Waals surface area (Å²) < 4.78 is 36.8. The van der Waals surface area contributed by atoms with Crippen molar-refractivity contribution in [3.63, 3.8) is 0 Å². The molecule has 0 bridgehead atoms. The Morgan fingerprint density at radius 3 is 2.28 bits per heavy atom. The molecule has 0 aliphatic carbocycles. The number of carbonyl (C=O) groups is 2. The molecular weight excluding hydrogens is 251 g/mol. The van der Waals surface area contributed by atoms with Crippen LogP contribution >= 0.6 is 0 Å². The summed E-state index contributed by atoms with van der Waals surface area (Å²) in [6.45, 7) is 1.29. The Hall–Kier alpha value is -1.31. The number of nitrogens with zero attached hydrogens (tertiary/aromatic N) is 1. The number of carbonyl (C=O) groups excluding carboxylic acids is 2. The highest BCUT2D eigenvalue weighted by atomic mass is 19.4. The molecule has 0 rings (SSSR count). The zero-order valence-corrected chi connectivity index (χ0v) is 10.4. The molecule has 0 saturated carbocycles. The van der Waals surface area contributed by atoms with Gasteiger partial charge in [-0.15, -0.1) is 0 Å². The molecular formula is C10H18F3N3O2. The van der Waals surface area contributed by atoms with E-state index < -0.39 is 31.1 Å². The lowest BCUT2D eigenvalue weighted by Crippen LogP contribution is -2.46. The van der Waals surface area contributed by atoms with Crippen LogP contribution in [0.1, 0.15) is 13.8 Å². The van der Waals surface area contributed by atoms with Crippen LogP contribution in [0.15, 0.2) is 0 Å². The number of rotatable bonds is 6. The van der Waals surface area contributed by atoms with Crippen LogP contribution in [-0.2, 0) is 9.59 Å². The van der Waals surface area contributed by atoms with Crippen LogP contribution in [0.5, 0.6) is 0 Å². The first-order chi connectivity index (χ1) is 8.15. The van der Waals surface area contributed by atoms with Gasteiger partial charge in [0.25, 0.3) is 0 Å². The molecule has 0 aromatic heterocycles. The monoisotopic (exact) mass is 269 g/mol. The topological polar surface area (TPSA) is 75.4 Å². The Labute approximate surface area is 103 Å².